The highest BCUT2D eigenvalue weighted by atomic mass is 32.1. The lowest BCUT2D eigenvalue weighted by molar-refractivity contribution is 0.0977. The number of aromatic nitrogens is 1. The van der Waals surface area contributed by atoms with E-state index in [9.17, 15) is 9.59 Å². The second-order valence-electron chi connectivity index (χ2n) is 6.67. The number of hydrogen-bond acceptors (Lipinski definition) is 5. The quantitative estimate of drug-likeness (QED) is 0.430. The number of nitrogens with zero attached hydrogens (tertiary/aromatic N) is 1. The molecule has 3 aromatic heterocycles. The predicted molar refractivity (Wildman–Crippen MR) is 118 cm³/mol. The summed E-state index contributed by atoms with van der Waals surface area (Å²) in [5, 5.41) is 6.12. The number of primary amides is 1. The third-order valence-corrected chi connectivity index (χ3v) is 5.68. The Morgan fingerprint density at radius 1 is 0.967 bits per heavy atom. The number of pyridine rings is 1. The highest BCUT2D eigenvalue weighted by Crippen LogP contribution is 2.32. The number of nitrogens with two attached hydrogens (primary N) is 1. The Bertz CT molecular complexity index is 1420. The van der Waals surface area contributed by atoms with Gasteiger partial charge in [-0.25, -0.2) is 4.98 Å². The molecule has 0 aliphatic rings. The predicted octanol–water partition coefficient (Wildman–Crippen LogP) is 5.06. The first kappa shape index (κ1) is 18.1. The minimum atomic E-state index is -0.750. The molecule has 0 bridgehead atoms. The molecule has 0 saturated carbocycles. The van der Waals surface area contributed by atoms with Crippen molar-refractivity contribution in [1.29, 1.82) is 0 Å². The van der Waals surface area contributed by atoms with Gasteiger partial charge in [-0.2, -0.15) is 0 Å². The third-order valence-electron chi connectivity index (χ3n) is 4.79. The van der Waals surface area contributed by atoms with Crippen LogP contribution in [0.25, 0.3) is 32.4 Å². The van der Waals surface area contributed by atoms with Gasteiger partial charge in [-0.15, -0.1) is 11.3 Å². The van der Waals surface area contributed by atoms with Gasteiger partial charge in [0.1, 0.15) is 11.3 Å². The zero-order valence-electron chi connectivity index (χ0n) is 15.6. The largest absolute Gasteiger partial charge is 0.449 e. The molecule has 5 rings (SSSR count). The molecule has 146 valence electrons. The molecule has 3 heterocycles. The summed E-state index contributed by atoms with van der Waals surface area (Å²) in [5.74, 6) is -1.21. The van der Waals surface area contributed by atoms with Crippen molar-refractivity contribution in [3.63, 3.8) is 0 Å². The van der Waals surface area contributed by atoms with Gasteiger partial charge >= 0.3 is 0 Å². The molecule has 0 saturated heterocycles. The molecule has 2 aromatic carbocycles. The second kappa shape index (κ2) is 7.13. The molecule has 7 heteroatoms. The number of carbonyl (C=O) groups is 2. The maximum absolute atomic E-state index is 13.3. The van der Waals surface area contributed by atoms with E-state index in [0.717, 1.165) is 4.88 Å². The van der Waals surface area contributed by atoms with Crippen LogP contribution in [0.4, 0.5) is 5.69 Å². The summed E-state index contributed by atoms with van der Waals surface area (Å²) in [7, 11) is 0. The van der Waals surface area contributed by atoms with E-state index in [1.54, 1.807) is 41.7 Å². The van der Waals surface area contributed by atoms with E-state index >= 15 is 0 Å². The highest BCUT2D eigenvalue weighted by Gasteiger charge is 2.22. The molecule has 0 spiro atoms. The van der Waals surface area contributed by atoms with Gasteiger partial charge in [-0.3, -0.25) is 9.59 Å². The van der Waals surface area contributed by atoms with E-state index in [4.69, 9.17) is 15.1 Å². The lowest BCUT2D eigenvalue weighted by Gasteiger charge is -2.10. The van der Waals surface area contributed by atoms with E-state index in [1.165, 1.54) is 0 Å². The molecule has 0 unspecified atom stereocenters. The van der Waals surface area contributed by atoms with Crippen LogP contribution < -0.4 is 11.1 Å². The summed E-state index contributed by atoms with van der Waals surface area (Å²) in [4.78, 5) is 30.9. The summed E-state index contributed by atoms with van der Waals surface area (Å²) in [6.45, 7) is 0. The molecular weight excluding hydrogens is 398 g/mol. The van der Waals surface area contributed by atoms with Crippen molar-refractivity contribution in [3.05, 3.63) is 83.4 Å². The van der Waals surface area contributed by atoms with E-state index in [-0.39, 0.29) is 17.4 Å². The van der Waals surface area contributed by atoms with Crippen molar-refractivity contribution in [1.82, 2.24) is 4.98 Å². The van der Waals surface area contributed by atoms with E-state index in [2.05, 4.69) is 5.32 Å². The number of carbonyl (C=O) groups excluding carboxylic acids is 2. The molecular formula is C23H15N3O3S. The Morgan fingerprint density at radius 2 is 1.73 bits per heavy atom. The number of rotatable bonds is 4. The summed E-state index contributed by atoms with van der Waals surface area (Å²) < 4.78 is 5.57. The SMILES string of the molecule is NC(=O)c1oc2ccccc2c1NC(=O)c1cc(-c2cccs2)nc2ccccc12. The maximum atomic E-state index is 13.3. The fourth-order valence-electron chi connectivity index (χ4n) is 3.44. The lowest BCUT2D eigenvalue weighted by Crippen LogP contribution is -2.17. The van der Waals surface area contributed by atoms with Crippen molar-refractivity contribution in [2.24, 2.45) is 5.73 Å². The molecule has 0 aliphatic carbocycles. The molecule has 3 N–H and O–H groups in total. The van der Waals surface area contributed by atoms with Crippen LogP contribution in [0, 0.1) is 0 Å². The smallest absolute Gasteiger partial charge is 0.286 e. The Balaban J connectivity index is 1.65. The van der Waals surface area contributed by atoms with Crippen LogP contribution in [0.2, 0.25) is 0 Å². The standard InChI is InChI=1S/C23H15N3O3S/c24-22(27)21-20(14-7-2-4-9-18(14)29-21)26-23(28)15-12-17(19-10-5-11-30-19)25-16-8-3-1-6-13(15)16/h1-12H,(H2,24,27)(H,26,28). The van der Waals surface area contributed by atoms with E-state index < -0.39 is 5.91 Å². The average molecular weight is 413 g/mol. The van der Waals surface area contributed by atoms with Crippen LogP contribution in [-0.4, -0.2) is 16.8 Å². The molecule has 0 aliphatic heterocycles. The Labute approximate surface area is 175 Å². The molecule has 6 nitrogen and oxygen atoms in total. The zero-order chi connectivity index (χ0) is 20.7. The minimum Gasteiger partial charge on any atom is -0.449 e. The van der Waals surface area contributed by atoms with Crippen molar-refractivity contribution in [2.45, 2.75) is 0 Å². The Kier molecular flexibility index (Phi) is 4.30. The molecule has 0 atom stereocenters. The summed E-state index contributed by atoms with van der Waals surface area (Å²) >= 11 is 1.55. The number of amides is 2. The molecule has 30 heavy (non-hydrogen) atoms. The monoisotopic (exact) mass is 413 g/mol. The summed E-state index contributed by atoms with van der Waals surface area (Å²) in [5.41, 5.74) is 8.08. The first-order valence-corrected chi connectivity index (χ1v) is 10.1. The van der Waals surface area contributed by atoms with Gasteiger partial charge in [0.05, 0.1) is 21.7 Å². The van der Waals surface area contributed by atoms with E-state index in [0.29, 0.717) is 33.1 Å². The van der Waals surface area contributed by atoms with Gasteiger partial charge in [0, 0.05) is 10.8 Å². The normalized spacial score (nSPS) is 11.1. The number of anilines is 1. The van der Waals surface area contributed by atoms with Gasteiger partial charge in [0.15, 0.2) is 0 Å². The fourth-order valence-corrected chi connectivity index (χ4v) is 4.12. The lowest BCUT2D eigenvalue weighted by atomic mass is 10.1. The second-order valence-corrected chi connectivity index (χ2v) is 7.62. The zero-order valence-corrected chi connectivity index (χ0v) is 16.4. The van der Waals surface area contributed by atoms with Crippen LogP contribution in [0.5, 0.6) is 0 Å². The Morgan fingerprint density at radius 3 is 2.50 bits per heavy atom. The topological polar surface area (TPSA) is 98.2 Å². The number of para-hydroxylation sites is 2. The average Bonchev–Trinajstić information content (AvgIpc) is 3.42. The van der Waals surface area contributed by atoms with Gasteiger partial charge in [-0.1, -0.05) is 36.4 Å². The van der Waals surface area contributed by atoms with Crippen molar-refractivity contribution >= 4 is 50.7 Å². The van der Waals surface area contributed by atoms with Crippen molar-refractivity contribution in [3.8, 4) is 10.6 Å². The number of thiophene rings is 1. The molecule has 2 amide bonds. The van der Waals surface area contributed by atoms with Crippen LogP contribution in [0.15, 0.2) is 76.5 Å². The molecule has 5 aromatic rings. The number of hydrogen-bond donors (Lipinski definition) is 2. The van der Waals surface area contributed by atoms with E-state index in [1.807, 2.05) is 41.8 Å². The highest BCUT2D eigenvalue weighted by molar-refractivity contribution is 7.13. The number of furan rings is 1. The van der Waals surface area contributed by atoms with Gasteiger partial charge in [0.2, 0.25) is 5.76 Å². The van der Waals surface area contributed by atoms with Crippen molar-refractivity contribution < 1.29 is 14.0 Å². The van der Waals surface area contributed by atoms with Crippen LogP contribution in [-0.2, 0) is 0 Å². The summed E-state index contributed by atoms with van der Waals surface area (Å²) in [6, 6.07) is 20.2. The van der Waals surface area contributed by atoms with Crippen LogP contribution in [0.1, 0.15) is 20.9 Å². The van der Waals surface area contributed by atoms with Gasteiger partial charge in [-0.05, 0) is 35.7 Å². The summed E-state index contributed by atoms with van der Waals surface area (Å²) in [6.07, 6.45) is 0. The fraction of sp³-hybridized carbons (Fsp3) is 0. The van der Waals surface area contributed by atoms with Gasteiger partial charge < -0.3 is 15.5 Å². The first-order chi connectivity index (χ1) is 14.6. The number of fused-ring (bicyclic) bond motifs is 2. The minimum absolute atomic E-state index is 0.0820. The maximum Gasteiger partial charge on any atom is 0.286 e. The number of benzene rings is 2. The Hall–Kier alpha value is -3.97. The number of nitrogens with one attached hydrogen (secondary N) is 1. The van der Waals surface area contributed by atoms with Gasteiger partial charge in [0.25, 0.3) is 11.8 Å². The van der Waals surface area contributed by atoms with Crippen molar-refractivity contribution in [2.75, 3.05) is 5.32 Å². The third kappa shape index (κ3) is 3.01. The van der Waals surface area contributed by atoms with Crippen LogP contribution in [0.3, 0.4) is 0 Å². The van der Waals surface area contributed by atoms with Crippen LogP contribution >= 0.6 is 11.3 Å². The first-order valence-electron chi connectivity index (χ1n) is 9.18. The molecule has 0 fully saturated rings. The molecule has 0 radical (unpaired) electrons.